The van der Waals surface area contributed by atoms with E-state index in [0.717, 1.165) is 13.0 Å². The van der Waals surface area contributed by atoms with Gasteiger partial charge in [0.1, 0.15) is 5.01 Å². The minimum atomic E-state index is 0.382. The smallest absolute Gasteiger partial charge is 0.109 e. The van der Waals surface area contributed by atoms with Crippen LogP contribution in [-0.2, 0) is 6.42 Å². The molecule has 2 heterocycles. The van der Waals surface area contributed by atoms with Crippen LogP contribution in [0.3, 0.4) is 0 Å². The van der Waals surface area contributed by atoms with E-state index < -0.39 is 0 Å². The maximum Gasteiger partial charge on any atom is 0.109 e. The van der Waals surface area contributed by atoms with Crippen LogP contribution in [0, 0.1) is 0 Å². The summed E-state index contributed by atoms with van der Waals surface area (Å²) in [5.41, 5.74) is 0. The van der Waals surface area contributed by atoms with Gasteiger partial charge in [-0.25, -0.2) is 4.98 Å². The van der Waals surface area contributed by atoms with Crippen molar-refractivity contribution in [3.8, 4) is 0 Å². The predicted molar refractivity (Wildman–Crippen MR) is 68.9 cm³/mol. The Balaban J connectivity index is 1.80. The Kier molecular flexibility index (Phi) is 4.32. The second-order valence-electron chi connectivity index (χ2n) is 4.44. The SMILES string of the molecule is CCc1cnc(C(C)NCC2CCCN2)s1. The fourth-order valence-electron chi connectivity index (χ4n) is 2.02. The van der Waals surface area contributed by atoms with Crippen LogP contribution in [0.1, 0.15) is 42.6 Å². The molecule has 16 heavy (non-hydrogen) atoms. The molecule has 1 aromatic heterocycles. The van der Waals surface area contributed by atoms with Crippen molar-refractivity contribution in [1.29, 1.82) is 0 Å². The van der Waals surface area contributed by atoms with Gasteiger partial charge in [-0.1, -0.05) is 6.92 Å². The van der Waals surface area contributed by atoms with Gasteiger partial charge in [-0.15, -0.1) is 11.3 Å². The van der Waals surface area contributed by atoms with Gasteiger partial charge in [0.05, 0.1) is 6.04 Å². The van der Waals surface area contributed by atoms with Crippen LogP contribution in [0.5, 0.6) is 0 Å². The van der Waals surface area contributed by atoms with E-state index in [-0.39, 0.29) is 0 Å². The van der Waals surface area contributed by atoms with Crippen LogP contribution < -0.4 is 10.6 Å². The standard InChI is InChI=1S/C12H21N3S/c1-3-11-8-15-12(16-11)9(2)14-7-10-5-4-6-13-10/h8-10,13-14H,3-7H2,1-2H3. The maximum absolute atomic E-state index is 4.47. The molecule has 3 nitrogen and oxygen atoms in total. The molecule has 0 bridgehead atoms. The number of nitrogens with zero attached hydrogens (tertiary/aromatic N) is 1. The summed E-state index contributed by atoms with van der Waals surface area (Å²) in [4.78, 5) is 5.85. The summed E-state index contributed by atoms with van der Waals surface area (Å²) in [6.07, 6.45) is 5.72. The summed E-state index contributed by atoms with van der Waals surface area (Å²) in [7, 11) is 0. The van der Waals surface area contributed by atoms with Crippen LogP contribution in [0.4, 0.5) is 0 Å². The summed E-state index contributed by atoms with van der Waals surface area (Å²) >= 11 is 1.83. The fourth-order valence-corrected chi connectivity index (χ4v) is 2.91. The first-order valence-corrected chi connectivity index (χ1v) is 7.02. The zero-order valence-corrected chi connectivity index (χ0v) is 10.9. The largest absolute Gasteiger partial charge is 0.313 e. The van der Waals surface area contributed by atoms with Gasteiger partial charge in [0.15, 0.2) is 0 Å². The van der Waals surface area contributed by atoms with Crippen LogP contribution in [-0.4, -0.2) is 24.1 Å². The van der Waals surface area contributed by atoms with E-state index in [2.05, 4.69) is 29.5 Å². The van der Waals surface area contributed by atoms with Crippen molar-refractivity contribution in [3.05, 3.63) is 16.1 Å². The molecular weight excluding hydrogens is 218 g/mol. The number of hydrogen-bond donors (Lipinski definition) is 2. The van der Waals surface area contributed by atoms with Crippen molar-refractivity contribution in [1.82, 2.24) is 15.6 Å². The summed E-state index contributed by atoms with van der Waals surface area (Å²) < 4.78 is 0. The van der Waals surface area contributed by atoms with Crippen molar-refractivity contribution < 1.29 is 0 Å². The third-order valence-corrected chi connectivity index (χ3v) is 4.45. The van der Waals surface area contributed by atoms with Crippen molar-refractivity contribution in [2.75, 3.05) is 13.1 Å². The molecule has 4 heteroatoms. The van der Waals surface area contributed by atoms with Crippen molar-refractivity contribution in [3.63, 3.8) is 0 Å². The molecule has 0 aromatic carbocycles. The topological polar surface area (TPSA) is 37.0 Å². The monoisotopic (exact) mass is 239 g/mol. The summed E-state index contributed by atoms with van der Waals surface area (Å²) in [5.74, 6) is 0. The maximum atomic E-state index is 4.47. The highest BCUT2D eigenvalue weighted by Gasteiger charge is 2.16. The fraction of sp³-hybridized carbons (Fsp3) is 0.750. The zero-order valence-electron chi connectivity index (χ0n) is 10.1. The third-order valence-electron chi connectivity index (χ3n) is 3.12. The first-order valence-electron chi connectivity index (χ1n) is 6.21. The Labute approximate surface area is 102 Å². The minimum absolute atomic E-state index is 0.382. The molecule has 1 fully saturated rings. The average molecular weight is 239 g/mol. The molecule has 1 aliphatic heterocycles. The summed E-state index contributed by atoms with van der Waals surface area (Å²) in [6.45, 7) is 6.62. The Hall–Kier alpha value is -0.450. The van der Waals surface area contributed by atoms with E-state index in [1.54, 1.807) is 0 Å². The zero-order chi connectivity index (χ0) is 11.4. The molecule has 0 spiro atoms. The van der Waals surface area contributed by atoms with Crippen LogP contribution in [0.2, 0.25) is 0 Å². The van der Waals surface area contributed by atoms with E-state index in [9.17, 15) is 0 Å². The second kappa shape index (κ2) is 5.75. The van der Waals surface area contributed by atoms with Crippen molar-refractivity contribution >= 4 is 11.3 Å². The Bertz CT molecular complexity index is 318. The van der Waals surface area contributed by atoms with Crippen LogP contribution >= 0.6 is 11.3 Å². The molecule has 1 saturated heterocycles. The Morgan fingerprint density at radius 3 is 3.19 bits per heavy atom. The number of aryl methyl sites for hydroxylation is 1. The van der Waals surface area contributed by atoms with Gasteiger partial charge in [0, 0.05) is 23.7 Å². The highest BCUT2D eigenvalue weighted by atomic mass is 32.1. The van der Waals surface area contributed by atoms with Crippen molar-refractivity contribution in [2.45, 2.75) is 45.2 Å². The van der Waals surface area contributed by atoms with Gasteiger partial charge in [-0.05, 0) is 32.7 Å². The average Bonchev–Trinajstić information content (AvgIpc) is 2.96. The molecule has 0 amide bonds. The molecule has 0 aliphatic carbocycles. The Morgan fingerprint density at radius 2 is 2.56 bits per heavy atom. The van der Waals surface area contributed by atoms with Crippen LogP contribution in [0.15, 0.2) is 6.20 Å². The lowest BCUT2D eigenvalue weighted by molar-refractivity contribution is 0.489. The van der Waals surface area contributed by atoms with E-state index in [1.807, 2.05) is 17.5 Å². The van der Waals surface area contributed by atoms with E-state index >= 15 is 0 Å². The van der Waals surface area contributed by atoms with E-state index in [4.69, 9.17) is 0 Å². The van der Waals surface area contributed by atoms with E-state index in [1.165, 1.54) is 29.3 Å². The van der Waals surface area contributed by atoms with Gasteiger partial charge in [-0.2, -0.15) is 0 Å². The highest BCUT2D eigenvalue weighted by molar-refractivity contribution is 7.11. The lowest BCUT2D eigenvalue weighted by Crippen LogP contribution is -2.35. The lowest BCUT2D eigenvalue weighted by atomic mass is 10.2. The minimum Gasteiger partial charge on any atom is -0.313 e. The molecule has 2 atom stereocenters. The molecular formula is C12H21N3S. The molecule has 0 saturated carbocycles. The molecule has 2 N–H and O–H groups in total. The number of thiazole rings is 1. The number of rotatable bonds is 5. The second-order valence-corrected chi connectivity index (χ2v) is 5.59. The molecule has 1 aromatic rings. The molecule has 2 unspecified atom stereocenters. The summed E-state index contributed by atoms with van der Waals surface area (Å²) in [5, 5.41) is 8.28. The highest BCUT2D eigenvalue weighted by Crippen LogP contribution is 2.20. The van der Waals surface area contributed by atoms with Crippen LogP contribution in [0.25, 0.3) is 0 Å². The molecule has 90 valence electrons. The number of hydrogen-bond acceptors (Lipinski definition) is 4. The predicted octanol–water partition coefficient (Wildman–Crippen LogP) is 2.11. The molecule has 0 radical (unpaired) electrons. The normalized spacial score (nSPS) is 22.5. The van der Waals surface area contributed by atoms with Gasteiger partial charge < -0.3 is 10.6 Å². The summed E-state index contributed by atoms with van der Waals surface area (Å²) in [6, 6.07) is 1.04. The Morgan fingerprint density at radius 1 is 1.69 bits per heavy atom. The molecule has 1 aliphatic rings. The van der Waals surface area contributed by atoms with Gasteiger partial charge in [-0.3, -0.25) is 0 Å². The first-order chi connectivity index (χ1) is 7.79. The number of nitrogens with one attached hydrogen (secondary N) is 2. The first kappa shape index (κ1) is 12.0. The molecule has 2 rings (SSSR count). The number of aromatic nitrogens is 1. The van der Waals surface area contributed by atoms with Crippen molar-refractivity contribution in [2.24, 2.45) is 0 Å². The van der Waals surface area contributed by atoms with Gasteiger partial charge in [0.2, 0.25) is 0 Å². The van der Waals surface area contributed by atoms with E-state index in [0.29, 0.717) is 12.1 Å². The van der Waals surface area contributed by atoms with Gasteiger partial charge in [0.25, 0.3) is 0 Å². The van der Waals surface area contributed by atoms with Gasteiger partial charge >= 0.3 is 0 Å². The quantitative estimate of drug-likeness (QED) is 0.826. The lowest BCUT2D eigenvalue weighted by Gasteiger charge is -2.15. The third kappa shape index (κ3) is 3.03.